The van der Waals surface area contributed by atoms with Gasteiger partial charge in [0.2, 0.25) is 0 Å². The molecule has 1 aliphatic rings. The van der Waals surface area contributed by atoms with Crippen LogP contribution in [0.2, 0.25) is 0 Å². The summed E-state index contributed by atoms with van der Waals surface area (Å²) >= 11 is 6.78. The van der Waals surface area contributed by atoms with Crippen molar-refractivity contribution in [1.29, 1.82) is 0 Å². The topological polar surface area (TPSA) is 89.4 Å². The van der Waals surface area contributed by atoms with E-state index in [1.165, 1.54) is 30.7 Å². The second-order valence-electron chi connectivity index (χ2n) is 11.7. The average molecular weight is 606 g/mol. The Balaban J connectivity index is 1.47. The minimum atomic E-state index is -0.547. The van der Waals surface area contributed by atoms with Gasteiger partial charge in [-0.15, -0.1) is 45.3 Å². The van der Waals surface area contributed by atoms with E-state index < -0.39 is 5.54 Å². The first kappa shape index (κ1) is 27.5. The first-order valence-electron chi connectivity index (χ1n) is 13.0. The third-order valence-electron chi connectivity index (χ3n) is 7.31. The molecule has 0 atom stereocenters. The highest BCUT2D eigenvalue weighted by atomic mass is 32.1. The van der Waals surface area contributed by atoms with Gasteiger partial charge in [-0.25, -0.2) is 0 Å². The third kappa shape index (κ3) is 4.31. The molecule has 0 radical (unpaired) electrons. The van der Waals surface area contributed by atoms with Crippen molar-refractivity contribution in [2.45, 2.75) is 52.6 Å². The van der Waals surface area contributed by atoms with Crippen molar-refractivity contribution in [3.05, 3.63) is 66.0 Å². The van der Waals surface area contributed by atoms with Gasteiger partial charge in [-0.05, 0) is 89.1 Å². The lowest BCUT2D eigenvalue weighted by molar-refractivity contribution is 0.0694. The Bertz CT molecular complexity index is 1900. The molecule has 0 saturated carbocycles. The fourth-order valence-corrected chi connectivity index (χ4v) is 9.73. The summed E-state index contributed by atoms with van der Waals surface area (Å²) in [6.07, 6.45) is 4.37. The summed E-state index contributed by atoms with van der Waals surface area (Å²) in [5.41, 5.74) is 15.3. The fraction of sp³-hybridized carbons (Fsp3) is 0.290. The van der Waals surface area contributed by atoms with Gasteiger partial charge in [0, 0.05) is 58.2 Å². The number of carbonyl (C=O) groups is 2. The van der Waals surface area contributed by atoms with E-state index in [0.29, 0.717) is 11.1 Å². The SMILES string of the molecule is Cc1cc(-c2cc3c4c(c5cc(C(C)(C)N)sc5c3s2)C(=O)N(C)C4=O)sc1C=Cc1sc(C(C)(C)N)cc1C. The van der Waals surface area contributed by atoms with Crippen LogP contribution in [0.4, 0.5) is 0 Å². The monoisotopic (exact) mass is 605 g/mol. The summed E-state index contributed by atoms with van der Waals surface area (Å²) in [6, 6.07) is 8.49. The summed E-state index contributed by atoms with van der Waals surface area (Å²) in [5, 5.41) is 1.68. The maximum Gasteiger partial charge on any atom is 0.261 e. The second-order valence-corrected chi connectivity index (χ2v) is 16.0. The van der Waals surface area contributed by atoms with Crippen molar-refractivity contribution in [1.82, 2.24) is 4.90 Å². The van der Waals surface area contributed by atoms with Crippen molar-refractivity contribution < 1.29 is 9.59 Å². The zero-order valence-corrected chi connectivity index (χ0v) is 26.8. The quantitative estimate of drug-likeness (QED) is 0.197. The van der Waals surface area contributed by atoms with Gasteiger partial charge in [0.05, 0.1) is 20.5 Å². The van der Waals surface area contributed by atoms with Crippen molar-refractivity contribution >= 4 is 89.5 Å². The summed E-state index contributed by atoms with van der Waals surface area (Å²) in [6.45, 7) is 12.3. The Morgan fingerprint density at radius 1 is 0.675 bits per heavy atom. The molecule has 4 aromatic heterocycles. The summed E-state index contributed by atoms with van der Waals surface area (Å²) in [5.74, 6) is -0.489. The standard InChI is InChI=1S/C31H31N3O2S4/c1-14-10-20(37-18(14)8-9-19-15(2)11-22(38-19)30(3,4)32)21-12-16-24-25(29(36)34(7)28(24)35)17-13-23(31(5,6)33)40-27(17)26(16)39-21/h8-13H,32-33H2,1-7H3. The van der Waals surface area contributed by atoms with E-state index in [1.54, 1.807) is 52.4 Å². The maximum atomic E-state index is 13.3. The number of amides is 2. The highest BCUT2D eigenvalue weighted by Crippen LogP contribution is 2.49. The van der Waals surface area contributed by atoms with Gasteiger partial charge < -0.3 is 11.5 Å². The van der Waals surface area contributed by atoms with Crippen LogP contribution in [0.25, 0.3) is 42.1 Å². The Morgan fingerprint density at radius 2 is 1.15 bits per heavy atom. The fourth-order valence-electron chi connectivity index (χ4n) is 4.98. The molecule has 40 heavy (non-hydrogen) atoms. The van der Waals surface area contributed by atoms with Gasteiger partial charge in [-0.3, -0.25) is 14.5 Å². The molecule has 0 unspecified atom stereocenters. The Hall–Kier alpha value is -2.66. The first-order valence-corrected chi connectivity index (χ1v) is 16.2. The van der Waals surface area contributed by atoms with Crippen molar-refractivity contribution in [3.8, 4) is 9.75 Å². The van der Waals surface area contributed by atoms with E-state index in [4.69, 9.17) is 11.5 Å². The van der Waals surface area contributed by atoms with Crippen molar-refractivity contribution in [2.24, 2.45) is 11.5 Å². The van der Waals surface area contributed by atoms with Gasteiger partial charge in [0.15, 0.2) is 0 Å². The molecule has 0 bridgehead atoms. The number of fused-ring (bicyclic) bond motifs is 6. The van der Waals surface area contributed by atoms with Crippen molar-refractivity contribution in [3.63, 3.8) is 0 Å². The van der Waals surface area contributed by atoms with Crippen LogP contribution in [0, 0.1) is 13.8 Å². The van der Waals surface area contributed by atoms with Crippen LogP contribution in [0.1, 0.15) is 79.0 Å². The largest absolute Gasteiger partial charge is 0.321 e. The van der Waals surface area contributed by atoms with Gasteiger partial charge in [0.25, 0.3) is 11.8 Å². The third-order valence-corrected chi connectivity index (χ3v) is 13.0. The Kier molecular flexibility index (Phi) is 6.31. The number of imide groups is 1. The van der Waals surface area contributed by atoms with Gasteiger partial charge in [0.1, 0.15) is 0 Å². The number of benzene rings is 1. The van der Waals surface area contributed by atoms with E-state index in [9.17, 15) is 9.59 Å². The van der Waals surface area contributed by atoms with Crippen LogP contribution in [0.5, 0.6) is 0 Å². The molecule has 0 fully saturated rings. The molecule has 6 rings (SSSR count). The predicted molar refractivity (Wildman–Crippen MR) is 174 cm³/mol. The molecule has 2 amide bonds. The number of rotatable bonds is 5. The summed E-state index contributed by atoms with van der Waals surface area (Å²) in [7, 11) is 1.56. The minimum Gasteiger partial charge on any atom is -0.321 e. The van der Waals surface area contributed by atoms with Crippen LogP contribution in [-0.4, -0.2) is 23.8 Å². The molecule has 0 spiro atoms. The smallest absolute Gasteiger partial charge is 0.261 e. The van der Waals surface area contributed by atoms with Gasteiger partial charge in [-0.1, -0.05) is 0 Å². The van der Waals surface area contributed by atoms with Crippen LogP contribution in [-0.2, 0) is 11.1 Å². The Labute approximate surface area is 249 Å². The lowest BCUT2D eigenvalue weighted by atomic mass is 9.99. The molecule has 9 heteroatoms. The summed E-state index contributed by atoms with van der Waals surface area (Å²) < 4.78 is 2.06. The zero-order valence-electron chi connectivity index (χ0n) is 23.5. The molecule has 5 nitrogen and oxygen atoms in total. The molecule has 0 saturated heterocycles. The van der Waals surface area contributed by atoms with E-state index in [1.807, 2.05) is 33.8 Å². The molecule has 206 valence electrons. The van der Waals surface area contributed by atoms with Crippen LogP contribution >= 0.6 is 45.3 Å². The number of hydrogen-bond acceptors (Lipinski definition) is 8. The number of nitrogens with two attached hydrogens (primary N) is 2. The zero-order chi connectivity index (χ0) is 28.9. The van der Waals surface area contributed by atoms with Crippen LogP contribution in [0.3, 0.4) is 0 Å². The molecule has 5 heterocycles. The first-order chi connectivity index (χ1) is 18.6. The number of hydrogen-bond donors (Lipinski definition) is 2. The lowest BCUT2D eigenvalue weighted by Gasteiger charge is -2.15. The number of nitrogens with zero attached hydrogens (tertiary/aromatic N) is 1. The number of thiophene rings is 4. The highest BCUT2D eigenvalue weighted by molar-refractivity contribution is 7.30. The predicted octanol–water partition coefficient (Wildman–Crippen LogP) is 8.31. The van der Waals surface area contributed by atoms with Gasteiger partial charge in [-0.2, -0.15) is 0 Å². The molecule has 1 aliphatic heterocycles. The van der Waals surface area contributed by atoms with E-state index in [2.05, 4.69) is 44.2 Å². The molecule has 0 aliphatic carbocycles. The van der Waals surface area contributed by atoms with Crippen molar-refractivity contribution in [2.75, 3.05) is 7.05 Å². The number of carbonyl (C=O) groups excluding carboxylic acids is 2. The van der Waals surface area contributed by atoms with E-state index >= 15 is 0 Å². The molecule has 4 N–H and O–H groups in total. The second kappa shape index (κ2) is 9.17. The Morgan fingerprint density at radius 3 is 1.73 bits per heavy atom. The highest BCUT2D eigenvalue weighted by Gasteiger charge is 2.38. The maximum absolute atomic E-state index is 13.3. The lowest BCUT2D eigenvalue weighted by Crippen LogP contribution is -2.27. The van der Waals surface area contributed by atoms with E-state index in [0.717, 1.165) is 34.8 Å². The summed E-state index contributed by atoms with van der Waals surface area (Å²) in [4.78, 5) is 34.5. The van der Waals surface area contributed by atoms with E-state index in [-0.39, 0.29) is 17.4 Å². The molecular weight excluding hydrogens is 575 g/mol. The normalized spacial score (nSPS) is 14.6. The molecular formula is C31H31N3O2S4. The average Bonchev–Trinajstić information content (AvgIpc) is 3.65. The van der Waals surface area contributed by atoms with Crippen LogP contribution in [0.15, 0.2) is 24.3 Å². The molecule has 5 aromatic rings. The van der Waals surface area contributed by atoms with Crippen LogP contribution < -0.4 is 11.5 Å². The van der Waals surface area contributed by atoms with Gasteiger partial charge >= 0.3 is 0 Å². The minimum absolute atomic E-state index is 0.242. The molecule has 1 aromatic carbocycles. The number of aryl methyl sites for hydroxylation is 2.